The van der Waals surface area contributed by atoms with Crippen LogP contribution in [0.2, 0.25) is 0 Å². The van der Waals surface area contributed by atoms with Crippen molar-refractivity contribution in [2.45, 2.75) is 18.7 Å². The number of ether oxygens (including phenoxy) is 2. The third-order valence-corrected chi connectivity index (χ3v) is 7.31. The van der Waals surface area contributed by atoms with Crippen LogP contribution in [0.5, 0.6) is 23.0 Å². The van der Waals surface area contributed by atoms with Crippen LogP contribution in [-0.4, -0.2) is 76.0 Å². The number of hydrogen-bond acceptors (Lipinski definition) is 15. The monoisotopic (exact) mass is 710 g/mol. The smallest absolute Gasteiger partial charge is 0.549 e. The number of fused-ring (bicyclic) bond motifs is 6. The van der Waals surface area contributed by atoms with Crippen molar-refractivity contribution in [3.8, 4) is 23.0 Å². The molecule has 0 fully saturated rings. The second kappa shape index (κ2) is 18.7. The predicted molar refractivity (Wildman–Crippen MR) is 139 cm³/mol. The molecular weight excluding hydrogens is 688 g/mol. The molecule has 3 aromatic rings. The molecule has 0 radical (unpaired) electrons. The first-order chi connectivity index (χ1) is 21.3. The molecule has 0 aromatic heterocycles. The summed E-state index contributed by atoms with van der Waals surface area (Å²) in [6, 6.07) is 11.3. The van der Waals surface area contributed by atoms with Gasteiger partial charge in [0.15, 0.2) is 5.60 Å². The summed E-state index contributed by atoms with van der Waals surface area (Å²) in [6.45, 7) is -4.09. The van der Waals surface area contributed by atoms with Crippen molar-refractivity contribution in [3.05, 3.63) is 81.9 Å². The van der Waals surface area contributed by atoms with Crippen LogP contribution in [0.4, 0.5) is 0 Å². The van der Waals surface area contributed by atoms with Crippen LogP contribution in [0, 0.1) is 0 Å². The van der Waals surface area contributed by atoms with Gasteiger partial charge in [-0.25, -0.2) is 4.79 Å². The van der Waals surface area contributed by atoms with Crippen molar-refractivity contribution in [2.24, 2.45) is 0 Å². The van der Waals surface area contributed by atoms with Gasteiger partial charge in [-0.3, -0.25) is 9.80 Å². The third kappa shape index (κ3) is 9.81. The molecule has 2 N–H and O–H groups in total. The minimum absolute atomic E-state index is 0. The Hall–Kier alpha value is -1.67. The van der Waals surface area contributed by atoms with E-state index >= 15 is 0 Å². The van der Waals surface area contributed by atoms with Gasteiger partial charge in [-0.2, -0.15) is 0 Å². The van der Waals surface area contributed by atoms with E-state index in [-0.39, 0.29) is 158 Å². The molecule has 234 valence electrons. The zero-order chi connectivity index (χ0) is 32.6. The number of hydrogen-bond donors (Lipinski definition) is 2. The summed E-state index contributed by atoms with van der Waals surface area (Å²) in [4.78, 5) is 60.2. The molecule has 3 aromatic carbocycles. The van der Waals surface area contributed by atoms with Gasteiger partial charge >= 0.3 is 124 Å². The van der Waals surface area contributed by atoms with E-state index < -0.39 is 86.2 Å². The Morgan fingerprint density at radius 1 is 0.633 bits per heavy atom. The summed E-state index contributed by atoms with van der Waals surface area (Å²) >= 11 is 0. The minimum atomic E-state index is -1.80. The largest absolute Gasteiger partial charge is 1.00 e. The number of esters is 1. The van der Waals surface area contributed by atoms with Crippen LogP contribution in [0.15, 0.2) is 48.5 Å². The topological polar surface area (TPSA) is 243 Å². The molecule has 1 spiro atoms. The molecule has 2 aliphatic rings. The molecule has 0 atom stereocenters. The number of aliphatic carboxylic acids is 4. The maximum absolute atomic E-state index is 13.2. The normalized spacial score (nSPS) is 12.8. The van der Waals surface area contributed by atoms with Gasteiger partial charge in [0.25, 0.3) is 0 Å². The van der Waals surface area contributed by atoms with Crippen LogP contribution >= 0.6 is 0 Å². The zero-order valence-electron chi connectivity index (χ0n) is 27.1. The van der Waals surface area contributed by atoms with Crippen molar-refractivity contribution in [1.29, 1.82) is 0 Å². The molecule has 2 heterocycles. The number of phenolic OH excluding ortho intramolecular Hbond substituents is 2. The van der Waals surface area contributed by atoms with Crippen molar-refractivity contribution in [2.75, 3.05) is 26.2 Å². The van der Waals surface area contributed by atoms with Gasteiger partial charge in [-0.15, -0.1) is 0 Å². The Morgan fingerprint density at radius 3 is 1.41 bits per heavy atom. The maximum Gasteiger partial charge on any atom is 1.00 e. The van der Waals surface area contributed by atoms with Crippen LogP contribution < -0.4 is 143 Å². The van der Waals surface area contributed by atoms with Gasteiger partial charge in [0, 0.05) is 79.2 Å². The number of benzene rings is 3. The summed E-state index contributed by atoms with van der Waals surface area (Å²) < 4.78 is 12.0. The average Bonchev–Trinajstić information content (AvgIpc) is 3.22. The number of carboxylic acid groups (broad SMARTS) is 4. The van der Waals surface area contributed by atoms with Gasteiger partial charge in [-0.1, -0.05) is 18.2 Å². The molecule has 2 aliphatic heterocycles. The fourth-order valence-electron chi connectivity index (χ4n) is 5.63. The van der Waals surface area contributed by atoms with E-state index in [1.165, 1.54) is 18.2 Å². The SMILES string of the molecule is O=C([O-])CN(CC(=O)[O-])Cc1cc2c(cc1O)Oc1cc(O)c(CN(CC(=O)[O-])CC(=O)[O-])cc1C21OC(=O)c2ccccc21.[Na+].[Na+].[Na+].[Na+]. The summed E-state index contributed by atoms with van der Waals surface area (Å²) in [5.74, 6) is -7.98. The van der Waals surface area contributed by atoms with Gasteiger partial charge in [-0.05, 0) is 18.2 Å². The molecule has 0 amide bonds. The van der Waals surface area contributed by atoms with Crippen LogP contribution in [0.3, 0.4) is 0 Å². The first kappa shape index (κ1) is 45.4. The first-order valence-corrected chi connectivity index (χ1v) is 13.3. The third-order valence-electron chi connectivity index (χ3n) is 7.31. The standard InChI is InChI=1S/C30H26N2O13.4Na/c33-21-7-23-19(5-15(21)9-31(11-25(35)36)12-26(37)38)30(18-4-2-1-3-17(18)29(43)45-30)20-6-16(22(34)8-24(20)44-23)10-32(13-27(39)40)14-28(41)42;;;;/h1-8,33-34H,9-14H2,(H,35,36)(H,37,38)(H,39,40)(H,41,42);;;;/q;4*+1/p-4. The number of nitrogens with zero attached hydrogens (tertiary/aromatic N) is 2. The fraction of sp³-hybridized carbons (Fsp3) is 0.233. The van der Waals surface area contributed by atoms with E-state index in [0.717, 1.165) is 21.9 Å². The summed E-state index contributed by atoms with van der Waals surface area (Å²) in [7, 11) is 0. The van der Waals surface area contributed by atoms with E-state index in [0.29, 0.717) is 5.56 Å². The van der Waals surface area contributed by atoms with Crippen LogP contribution in [0.25, 0.3) is 0 Å². The molecule has 49 heavy (non-hydrogen) atoms. The number of carbonyl (C=O) groups excluding carboxylic acids is 5. The van der Waals surface area contributed by atoms with E-state index in [4.69, 9.17) is 9.47 Å². The van der Waals surface area contributed by atoms with E-state index in [1.807, 2.05) is 0 Å². The van der Waals surface area contributed by atoms with Crippen LogP contribution in [-0.2, 0) is 42.6 Å². The number of rotatable bonds is 12. The van der Waals surface area contributed by atoms with E-state index in [1.54, 1.807) is 18.2 Å². The Balaban J connectivity index is 0.00000300. The van der Waals surface area contributed by atoms with Gasteiger partial charge in [0.2, 0.25) is 0 Å². The number of phenols is 2. The second-order valence-corrected chi connectivity index (χ2v) is 10.5. The average molecular weight is 710 g/mol. The predicted octanol–water partition coefficient (Wildman–Crippen LogP) is -15.7. The molecule has 0 saturated carbocycles. The summed E-state index contributed by atoms with van der Waals surface area (Å²) in [5, 5.41) is 66.8. The maximum atomic E-state index is 13.2. The fourth-order valence-corrected chi connectivity index (χ4v) is 5.63. The van der Waals surface area contributed by atoms with Crippen LogP contribution in [0.1, 0.15) is 38.2 Å². The summed E-state index contributed by atoms with van der Waals surface area (Å²) in [6.07, 6.45) is 0. The molecule has 0 unspecified atom stereocenters. The molecule has 19 heteroatoms. The molecule has 5 rings (SSSR count). The minimum Gasteiger partial charge on any atom is -0.549 e. The first-order valence-electron chi connectivity index (χ1n) is 13.3. The quantitative estimate of drug-likeness (QED) is 0.131. The van der Waals surface area contributed by atoms with Crippen molar-refractivity contribution in [3.63, 3.8) is 0 Å². The number of carboxylic acids is 4. The zero-order valence-corrected chi connectivity index (χ0v) is 35.1. The van der Waals surface area contributed by atoms with Crippen molar-refractivity contribution in [1.82, 2.24) is 9.80 Å². The number of carbonyl (C=O) groups is 5. The molecule has 0 bridgehead atoms. The Labute approximate surface area is 367 Å². The van der Waals surface area contributed by atoms with Crippen molar-refractivity contribution >= 4 is 29.8 Å². The summed E-state index contributed by atoms with van der Waals surface area (Å²) in [5.41, 5.74) is -1.000. The Bertz CT molecular complexity index is 1650. The molecule has 0 saturated heterocycles. The Morgan fingerprint density at radius 2 is 1.02 bits per heavy atom. The molecule has 0 aliphatic carbocycles. The van der Waals surface area contributed by atoms with E-state index in [9.17, 15) is 54.6 Å². The van der Waals surface area contributed by atoms with E-state index in [2.05, 4.69) is 0 Å². The van der Waals surface area contributed by atoms with Gasteiger partial charge in [0.1, 0.15) is 23.0 Å². The molecule has 15 nitrogen and oxygen atoms in total. The van der Waals surface area contributed by atoms with Gasteiger partial charge < -0.3 is 59.3 Å². The second-order valence-electron chi connectivity index (χ2n) is 10.5. The molecular formula is C30H22N2Na4O13. The Kier molecular flexibility index (Phi) is 17.3. The van der Waals surface area contributed by atoms with Gasteiger partial charge in [0.05, 0.1) is 29.4 Å². The van der Waals surface area contributed by atoms with Crippen molar-refractivity contribution < 1.29 is 182 Å². The number of aromatic hydroxyl groups is 2.